The van der Waals surface area contributed by atoms with Crippen molar-refractivity contribution in [2.24, 2.45) is 0 Å². The number of benzene rings is 3. The Hall–Kier alpha value is -5.14. The molecule has 0 bridgehead atoms. The maximum atomic E-state index is 13.5. The Labute approximate surface area is 280 Å². The highest BCUT2D eigenvalue weighted by Crippen LogP contribution is 2.28. The minimum Gasteiger partial charge on any atom is -0.497 e. The molecule has 0 saturated heterocycles. The molecule has 1 unspecified atom stereocenters. The lowest BCUT2D eigenvalue weighted by atomic mass is 10.1. The monoisotopic (exact) mass is 674 g/mol. The van der Waals surface area contributed by atoms with Crippen LogP contribution in [-0.4, -0.2) is 54.8 Å². The third-order valence-electron chi connectivity index (χ3n) is 6.48. The first-order chi connectivity index (χ1) is 22.7. The summed E-state index contributed by atoms with van der Waals surface area (Å²) in [7, 11) is 3.04. The van der Waals surface area contributed by atoms with Crippen molar-refractivity contribution in [2.75, 3.05) is 31.5 Å². The quantitative estimate of drug-likeness (QED) is 0.0859. The Morgan fingerprint density at radius 1 is 0.957 bits per heavy atom. The Bertz CT molecular complexity index is 1740. The first kappa shape index (κ1) is 34.7. The summed E-state index contributed by atoms with van der Waals surface area (Å²) in [5.41, 5.74) is 1.95. The van der Waals surface area contributed by atoms with Crippen LogP contribution in [0.1, 0.15) is 35.5 Å². The van der Waals surface area contributed by atoms with E-state index in [2.05, 4.69) is 20.9 Å². The van der Waals surface area contributed by atoms with E-state index >= 15 is 0 Å². The van der Waals surface area contributed by atoms with Crippen molar-refractivity contribution in [1.29, 1.82) is 0 Å². The van der Waals surface area contributed by atoms with Crippen molar-refractivity contribution in [3.05, 3.63) is 101 Å². The molecule has 0 aliphatic carbocycles. The van der Waals surface area contributed by atoms with E-state index in [1.807, 2.05) is 0 Å². The average molecular weight is 675 g/mol. The highest BCUT2D eigenvalue weighted by molar-refractivity contribution is 8.00. The number of rotatable bonds is 14. The summed E-state index contributed by atoms with van der Waals surface area (Å²) in [5, 5.41) is 9.96. The van der Waals surface area contributed by atoms with Gasteiger partial charge in [0.2, 0.25) is 5.91 Å². The van der Waals surface area contributed by atoms with Crippen LogP contribution >= 0.6 is 23.1 Å². The predicted octanol–water partition coefficient (Wildman–Crippen LogP) is 5.79. The van der Waals surface area contributed by atoms with Gasteiger partial charge in [0.15, 0.2) is 5.13 Å². The van der Waals surface area contributed by atoms with E-state index in [0.717, 1.165) is 4.90 Å². The number of methoxy groups -OCH3 is 2. The van der Waals surface area contributed by atoms with Gasteiger partial charge in [-0.3, -0.25) is 19.2 Å². The lowest BCUT2D eigenvalue weighted by molar-refractivity contribution is -0.142. The Morgan fingerprint density at radius 2 is 1.70 bits per heavy atom. The number of hydrogen-bond acceptors (Lipinski definition) is 10. The summed E-state index contributed by atoms with van der Waals surface area (Å²) in [5.74, 6) is -0.595. The highest BCUT2D eigenvalue weighted by atomic mass is 32.2. The second-order valence-electron chi connectivity index (χ2n) is 9.84. The van der Waals surface area contributed by atoms with Crippen LogP contribution in [0, 0.1) is 0 Å². The number of ether oxygens (including phenoxy) is 3. The maximum absolute atomic E-state index is 13.5. The van der Waals surface area contributed by atoms with Gasteiger partial charge in [0.1, 0.15) is 17.2 Å². The van der Waals surface area contributed by atoms with E-state index in [0.29, 0.717) is 45.7 Å². The van der Waals surface area contributed by atoms with Gasteiger partial charge in [-0.2, -0.15) is 0 Å². The molecule has 0 saturated carbocycles. The molecule has 244 valence electrons. The van der Waals surface area contributed by atoms with E-state index in [4.69, 9.17) is 14.2 Å². The number of nitrogens with one attached hydrogen (secondary N) is 3. The fourth-order valence-corrected chi connectivity index (χ4v) is 5.70. The second kappa shape index (κ2) is 17.0. The largest absolute Gasteiger partial charge is 0.497 e. The first-order valence-electron chi connectivity index (χ1n) is 14.5. The second-order valence-corrected chi connectivity index (χ2v) is 12.1. The minimum atomic E-state index is -0.550. The van der Waals surface area contributed by atoms with Gasteiger partial charge < -0.3 is 30.2 Å². The number of anilines is 2. The zero-order chi connectivity index (χ0) is 33.8. The molecule has 13 heteroatoms. The molecule has 3 amide bonds. The molecule has 0 fully saturated rings. The Kier molecular flexibility index (Phi) is 12.5. The number of thioether (sulfide) groups is 1. The zero-order valence-electron chi connectivity index (χ0n) is 26.2. The molecule has 47 heavy (non-hydrogen) atoms. The smallest absolute Gasteiger partial charge is 0.311 e. The van der Waals surface area contributed by atoms with Gasteiger partial charge in [-0.05, 0) is 68.5 Å². The standard InChI is InChI=1S/C34H34N4O7S2/c1-5-45-30(39)18-25-20-46-34(36-25)38-31(40)21(2)47-27-15-12-24(13-16-27)35-33(42)28(37-32(41)22-9-7-6-8-10-22)17-23-11-14-26(43-3)19-29(23)44-4/h6-17,19-21H,5,18H2,1-4H3,(H,35,42)(H,37,41)(H,36,38,40)/b28-17-. The molecular formula is C34H34N4O7S2. The van der Waals surface area contributed by atoms with Gasteiger partial charge in [-0.15, -0.1) is 23.1 Å². The van der Waals surface area contributed by atoms with Gasteiger partial charge in [-0.25, -0.2) is 4.98 Å². The number of nitrogens with zero attached hydrogens (tertiary/aromatic N) is 1. The first-order valence-corrected chi connectivity index (χ1v) is 16.2. The summed E-state index contributed by atoms with van der Waals surface area (Å²) in [6.45, 7) is 3.79. The average Bonchev–Trinajstić information content (AvgIpc) is 3.51. The van der Waals surface area contributed by atoms with Crippen LogP contribution in [0.25, 0.3) is 6.08 Å². The molecular weight excluding hydrogens is 641 g/mol. The number of hydrogen-bond donors (Lipinski definition) is 3. The maximum Gasteiger partial charge on any atom is 0.311 e. The molecule has 3 N–H and O–H groups in total. The summed E-state index contributed by atoms with van der Waals surface area (Å²) in [4.78, 5) is 56.0. The van der Waals surface area contributed by atoms with E-state index in [-0.39, 0.29) is 24.0 Å². The summed E-state index contributed by atoms with van der Waals surface area (Å²) < 4.78 is 15.7. The fourth-order valence-electron chi connectivity index (χ4n) is 4.12. The van der Waals surface area contributed by atoms with Crippen LogP contribution in [0.2, 0.25) is 0 Å². The SMILES string of the molecule is CCOC(=O)Cc1csc(NC(=O)C(C)Sc2ccc(NC(=O)/C(=C/c3ccc(OC)cc3OC)NC(=O)c3ccccc3)cc2)n1. The van der Waals surface area contributed by atoms with Gasteiger partial charge in [0.25, 0.3) is 11.8 Å². The zero-order valence-corrected chi connectivity index (χ0v) is 27.8. The van der Waals surface area contributed by atoms with Gasteiger partial charge in [0.05, 0.1) is 38.2 Å². The van der Waals surface area contributed by atoms with E-state index in [1.165, 1.54) is 43.4 Å². The molecule has 4 aromatic rings. The van der Waals surface area contributed by atoms with Crippen molar-refractivity contribution >= 4 is 63.7 Å². The van der Waals surface area contributed by atoms with Crippen molar-refractivity contribution in [3.8, 4) is 11.5 Å². The topological polar surface area (TPSA) is 145 Å². The molecule has 1 heterocycles. The van der Waals surface area contributed by atoms with Gasteiger partial charge >= 0.3 is 5.97 Å². The van der Waals surface area contributed by atoms with Crippen LogP contribution in [0.15, 0.2) is 88.8 Å². The number of esters is 1. The Morgan fingerprint density at radius 3 is 2.38 bits per heavy atom. The summed E-state index contributed by atoms with van der Waals surface area (Å²) >= 11 is 2.56. The molecule has 0 aliphatic heterocycles. The number of amides is 3. The summed E-state index contributed by atoms with van der Waals surface area (Å²) in [6.07, 6.45) is 1.57. The van der Waals surface area contributed by atoms with Gasteiger partial charge in [-0.1, -0.05) is 18.2 Å². The molecule has 4 rings (SSSR count). The highest BCUT2D eigenvalue weighted by Gasteiger charge is 2.19. The van der Waals surface area contributed by atoms with Gasteiger partial charge in [0, 0.05) is 33.2 Å². The number of aromatic nitrogens is 1. The van der Waals surface area contributed by atoms with Crippen LogP contribution in [0.5, 0.6) is 11.5 Å². The molecule has 0 aliphatic rings. The van der Waals surface area contributed by atoms with Crippen molar-refractivity contribution in [2.45, 2.75) is 30.4 Å². The normalized spacial score (nSPS) is 11.6. The molecule has 3 aromatic carbocycles. The third-order valence-corrected chi connectivity index (χ3v) is 8.39. The number of thiazole rings is 1. The van der Waals surface area contributed by atoms with E-state index in [9.17, 15) is 19.2 Å². The minimum absolute atomic E-state index is 0.00124. The number of carbonyl (C=O) groups is 4. The van der Waals surface area contributed by atoms with Crippen LogP contribution in [0.3, 0.4) is 0 Å². The van der Waals surface area contributed by atoms with Crippen LogP contribution in [-0.2, 0) is 25.5 Å². The third kappa shape index (κ3) is 10.2. The van der Waals surface area contributed by atoms with E-state index < -0.39 is 17.1 Å². The number of carbonyl (C=O) groups excluding carboxylic acids is 4. The Balaban J connectivity index is 1.42. The molecule has 11 nitrogen and oxygen atoms in total. The molecule has 1 atom stereocenters. The van der Waals surface area contributed by atoms with Crippen LogP contribution < -0.4 is 25.4 Å². The van der Waals surface area contributed by atoms with Crippen LogP contribution in [0.4, 0.5) is 10.8 Å². The molecule has 0 spiro atoms. The van der Waals surface area contributed by atoms with Crippen molar-refractivity contribution < 1.29 is 33.4 Å². The predicted molar refractivity (Wildman–Crippen MR) is 183 cm³/mol. The fraction of sp³-hybridized carbons (Fsp3) is 0.206. The lowest BCUT2D eigenvalue weighted by Gasteiger charge is -2.14. The molecule has 0 radical (unpaired) electrons. The van der Waals surface area contributed by atoms with Crippen molar-refractivity contribution in [3.63, 3.8) is 0 Å². The van der Waals surface area contributed by atoms with E-state index in [1.54, 1.807) is 92.0 Å². The summed E-state index contributed by atoms with van der Waals surface area (Å²) in [6, 6.07) is 20.7. The lowest BCUT2D eigenvalue weighted by Crippen LogP contribution is -2.30. The van der Waals surface area contributed by atoms with Crippen molar-refractivity contribution in [1.82, 2.24) is 10.3 Å². The molecule has 1 aromatic heterocycles.